The molecule has 1 aliphatic heterocycles. The van der Waals surface area contributed by atoms with Crippen molar-refractivity contribution in [2.24, 2.45) is 0 Å². The minimum atomic E-state index is -0.385. The molecule has 2 aromatic heterocycles. The summed E-state index contributed by atoms with van der Waals surface area (Å²) in [4.78, 5) is 29.8. The van der Waals surface area contributed by atoms with Gasteiger partial charge >= 0.3 is 0 Å². The Balaban J connectivity index is 1.39. The van der Waals surface area contributed by atoms with Crippen molar-refractivity contribution in [1.29, 1.82) is 0 Å². The molecule has 1 fully saturated rings. The molecule has 162 valence electrons. The van der Waals surface area contributed by atoms with Crippen LogP contribution in [0.15, 0.2) is 59.5 Å². The minimum Gasteiger partial charge on any atom is -0.337 e. The molecule has 3 heterocycles. The average molecular weight is 432 g/mol. The molecule has 5 rings (SSSR count). The Bertz CT molecular complexity index is 1360. The predicted molar refractivity (Wildman–Crippen MR) is 118 cm³/mol. The molecule has 4 aromatic rings. The molecule has 32 heavy (non-hydrogen) atoms. The van der Waals surface area contributed by atoms with E-state index in [1.54, 1.807) is 36.5 Å². The third-order valence-corrected chi connectivity index (χ3v) is 5.84. The Morgan fingerprint density at radius 1 is 1.19 bits per heavy atom. The topological polar surface area (TPSA) is 95.9 Å². The monoisotopic (exact) mass is 432 g/mol. The van der Waals surface area contributed by atoms with Crippen LogP contribution in [0.2, 0.25) is 0 Å². The lowest BCUT2D eigenvalue weighted by atomic mass is 10.1. The van der Waals surface area contributed by atoms with Gasteiger partial charge in [-0.3, -0.25) is 9.59 Å². The average Bonchev–Trinajstić information content (AvgIpc) is 3.48. The Hall–Kier alpha value is -3.85. The van der Waals surface area contributed by atoms with Crippen LogP contribution in [-0.4, -0.2) is 57.0 Å². The first kappa shape index (κ1) is 20.1. The normalized spacial score (nSPS) is 16.1. The molecule has 8 nitrogen and oxygen atoms in total. The van der Waals surface area contributed by atoms with Gasteiger partial charge in [-0.15, -0.1) is 5.10 Å². The predicted octanol–water partition coefficient (Wildman–Crippen LogP) is 2.35. The number of benzene rings is 2. The molecule has 0 spiro atoms. The molecule has 1 aliphatic rings. The van der Waals surface area contributed by atoms with E-state index in [1.165, 1.54) is 22.9 Å². The lowest BCUT2D eigenvalue weighted by Gasteiger charge is -2.16. The molecule has 2 N–H and O–H groups in total. The van der Waals surface area contributed by atoms with Crippen molar-refractivity contribution in [1.82, 2.24) is 30.2 Å². The fourth-order valence-corrected chi connectivity index (χ4v) is 4.00. The summed E-state index contributed by atoms with van der Waals surface area (Å²) in [6.45, 7) is 1.44. The first-order chi connectivity index (χ1) is 15.5. The molecular weight excluding hydrogens is 411 g/mol. The van der Waals surface area contributed by atoms with Crippen LogP contribution < -0.4 is 10.9 Å². The number of amides is 1. The minimum absolute atomic E-state index is 0.00325. The van der Waals surface area contributed by atoms with E-state index in [0.29, 0.717) is 46.0 Å². The number of nitrogens with one attached hydrogen (secondary N) is 2. The molecular formula is C23H21FN6O2. The fraction of sp³-hybridized carbons (Fsp3) is 0.217. The molecule has 9 heteroatoms. The number of hydrogen-bond acceptors (Lipinski definition) is 5. The number of H-pyrrole nitrogens is 1. The highest BCUT2D eigenvalue weighted by Gasteiger charge is 2.25. The highest BCUT2D eigenvalue weighted by atomic mass is 19.1. The van der Waals surface area contributed by atoms with Crippen molar-refractivity contribution < 1.29 is 9.18 Å². The SMILES string of the molecule is CN[C@H]1CCN(C(=O)c2ccc(-n3cc(-c4cc5cc(F)ccc5[nH]c4=O)nn3)cc2)C1. The van der Waals surface area contributed by atoms with E-state index in [1.807, 2.05) is 11.9 Å². The van der Waals surface area contributed by atoms with Gasteiger partial charge in [-0.05, 0) is 62.0 Å². The van der Waals surface area contributed by atoms with Gasteiger partial charge in [0.15, 0.2) is 0 Å². The summed E-state index contributed by atoms with van der Waals surface area (Å²) < 4.78 is 15.1. The number of likely N-dealkylation sites (tertiary alicyclic amines) is 1. The van der Waals surface area contributed by atoms with E-state index in [2.05, 4.69) is 20.6 Å². The van der Waals surface area contributed by atoms with Gasteiger partial charge in [-0.25, -0.2) is 9.07 Å². The fourth-order valence-electron chi connectivity index (χ4n) is 4.00. The third-order valence-electron chi connectivity index (χ3n) is 5.84. The van der Waals surface area contributed by atoms with Gasteiger partial charge in [0, 0.05) is 35.6 Å². The Morgan fingerprint density at radius 3 is 2.75 bits per heavy atom. The van der Waals surface area contributed by atoms with Crippen molar-refractivity contribution in [3.05, 3.63) is 76.5 Å². The van der Waals surface area contributed by atoms with Crippen LogP contribution in [0.5, 0.6) is 0 Å². The zero-order valence-electron chi connectivity index (χ0n) is 17.4. The molecule has 0 aliphatic carbocycles. The number of aromatic nitrogens is 4. The van der Waals surface area contributed by atoms with E-state index in [4.69, 9.17) is 0 Å². The van der Waals surface area contributed by atoms with Gasteiger partial charge in [-0.1, -0.05) is 5.21 Å². The number of carbonyl (C=O) groups excluding carboxylic acids is 1. The Labute approximate surface area is 182 Å². The molecule has 1 atom stereocenters. The van der Waals surface area contributed by atoms with Crippen molar-refractivity contribution in [2.75, 3.05) is 20.1 Å². The van der Waals surface area contributed by atoms with Crippen LogP contribution in [0.3, 0.4) is 0 Å². The largest absolute Gasteiger partial charge is 0.337 e. The number of halogens is 1. The van der Waals surface area contributed by atoms with Crippen molar-refractivity contribution in [3.63, 3.8) is 0 Å². The van der Waals surface area contributed by atoms with E-state index >= 15 is 0 Å². The smallest absolute Gasteiger partial charge is 0.258 e. The summed E-state index contributed by atoms with van der Waals surface area (Å²) in [6, 6.07) is 13.2. The van der Waals surface area contributed by atoms with Gasteiger partial charge in [0.2, 0.25) is 0 Å². The van der Waals surface area contributed by atoms with Crippen LogP contribution in [0.4, 0.5) is 4.39 Å². The maximum atomic E-state index is 13.6. The summed E-state index contributed by atoms with van der Waals surface area (Å²) in [5, 5.41) is 12.0. The highest BCUT2D eigenvalue weighted by molar-refractivity contribution is 5.94. The van der Waals surface area contributed by atoms with Crippen molar-refractivity contribution >= 4 is 16.8 Å². The zero-order valence-corrected chi connectivity index (χ0v) is 17.4. The first-order valence-electron chi connectivity index (χ1n) is 10.3. The van der Waals surface area contributed by atoms with Crippen LogP contribution in [0, 0.1) is 5.82 Å². The van der Waals surface area contributed by atoms with E-state index in [-0.39, 0.29) is 17.3 Å². The maximum Gasteiger partial charge on any atom is 0.258 e. The third kappa shape index (κ3) is 3.67. The summed E-state index contributed by atoms with van der Waals surface area (Å²) in [5.41, 5.74) is 2.20. The van der Waals surface area contributed by atoms with Crippen LogP contribution in [0.25, 0.3) is 27.8 Å². The van der Waals surface area contributed by atoms with Crippen molar-refractivity contribution in [3.8, 4) is 16.9 Å². The highest BCUT2D eigenvalue weighted by Crippen LogP contribution is 2.20. The number of carbonyl (C=O) groups is 1. The van der Waals surface area contributed by atoms with Gasteiger partial charge in [0.05, 0.1) is 17.4 Å². The Kier molecular flexibility index (Phi) is 5.02. The second-order valence-electron chi connectivity index (χ2n) is 7.86. The summed E-state index contributed by atoms with van der Waals surface area (Å²) in [5.74, 6) is -0.382. The molecule has 0 saturated carbocycles. The van der Waals surface area contributed by atoms with Crippen molar-refractivity contribution in [2.45, 2.75) is 12.5 Å². The molecule has 0 radical (unpaired) electrons. The summed E-state index contributed by atoms with van der Waals surface area (Å²) >= 11 is 0. The summed E-state index contributed by atoms with van der Waals surface area (Å²) in [6.07, 6.45) is 2.58. The molecule has 0 bridgehead atoms. The quantitative estimate of drug-likeness (QED) is 0.516. The number of aromatic amines is 1. The number of pyridine rings is 1. The second kappa shape index (κ2) is 8.01. The van der Waals surface area contributed by atoms with Gasteiger partial charge in [0.25, 0.3) is 11.5 Å². The van der Waals surface area contributed by atoms with E-state index < -0.39 is 0 Å². The van der Waals surface area contributed by atoms with Crippen LogP contribution >= 0.6 is 0 Å². The van der Waals surface area contributed by atoms with Gasteiger partial charge < -0.3 is 15.2 Å². The molecule has 0 unspecified atom stereocenters. The van der Waals surface area contributed by atoms with Crippen LogP contribution in [-0.2, 0) is 0 Å². The second-order valence-corrected chi connectivity index (χ2v) is 7.86. The standard InChI is InChI=1S/C23H21FN6O2/c1-25-17-8-9-29(12-17)23(32)14-2-5-18(6-3-14)30-13-21(27-28-30)19-11-15-10-16(24)4-7-20(15)26-22(19)31/h2-7,10-11,13,17,25H,8-9,12H2,1H3,(H,26,31)/t17-/m0/s1. The molecule has 2 aromatic carbocycles. The number of rotatable bonds is 4. The van der Waals surface area contributed by atoms with Crippen LogP contribution in [0.1, 0.15) is 16.8 Å². The molecule has 1 amide bonds. The number of likely N-dealkylation sites (N-methyl/N-ethyl adjacent to an activating group) is 1. The van der Waals surface area contributed by atoms with E-state index in [9.17, 15) is 14.0 Å². The zero-order chi connectivity index (χ0) is 22.2. The van der Waals surface area contributed by atoms with E-state index in [0.717, 1.165) is 13.0 Å². The number of nitrogens with zero attached hydrogens (tertiary/aromatic N) is 4. The maximum absolute atomic E-state index is 13.6. The number of fused-ring (bicyclic) bond motifs is 1. The van der Waals surface area contributed by atoms with Gasteiger partial charge in [0.1, 0.15) is 11.5 Å². The first-order valence-corrected chi connectivity index (χ1v) is 10.3. The summed E-state index contributed by atoms with van der Waals surface area (Å²) in [7, 11) is 1.91. The van der Waals surface area contributed by atoms with Gasteiger partial charge in [-0.2, -0.15) is 0 Å². The lowest BCUT2D eigenvalue weighted by Crippen LogP contribution is -2.33. The number of hydrogen-bond donors (Lipinski definition) is 2. The Morgan fingerprint density at radius 2 is 2.00 bits per heavy atom. The molecule has 1 saturated heterocycles. The lowest BCUT2D eigenvalue weighted by molar-refractivity contribution is 0.0789.